The third-order valence-corrected chi connectivity index (χ3v) is 26.7. The maximum absolute atomic E-state index is 6.58. The lowest BCUT2D eigenvalue weighted by molar-refractivity contribution is 0.670. The standard InChI is InChI=1S/C100H54N4OS3/c1-2-14-63-45-69-50-86-82(49-68(69)44-62(63)13-1)101-99-98-81(54-85(103(86)99)61-34-30-59(31-35-61)74-20-11-21-77-75-18-7-9-22-88(75)105-96(74)77)95-73-40-36-67(46-66(73)39-43-92(95)108-98)93-72-17-6-4-15-65(72)47-70-51-87-83(52-78(70)93)102-100-97-80(94-71-16-5-3-12-58(71)37-42-91(94)107-97)53-84(104(87)100)60-32-28-56(29-33-60)55-24-26-57(27-25-55)64-38-41-90-79(48-64)76-19-8-10-23-89(76)106-90/h1-54H. The van der Waals surface area contributed by atoms with E-state index >= 15 is 0 Å². The zero-order valence-electron chi connectivity index (χ0n) is 57.6. The van der Waals surface area contributed by atoms with Crippen LogP contribution in [-0.4, -0.2) is 18.8 Å². The molecule has 25 rings (SSSR count). The lowest BCUT2D eigenvalue weighted by Crippen LogP contribution is -1.93. The average Bonchev–Trinajstić information content (AvgIpc) is 1.53. The van der Waals surface area contributed by atoms with Crippen LogP contribution in [0.25, 0.3) is 247 Å². The van der Waals surface area contributed by atoms with Crippen LogP contribution in [0.5, 0.6) is 0 Å². The number of thiophene rings is 3. The molecule has 5 nitrogen and oxygen atoms in total. The van der Waals surface area contributed by atoms with Crippen LogP contribution in [0.3, 0.4) is 0 Å². The molecule has 0 aliphatic heterocycles. The number of fused-ring (bicyclic) bond motifs is 28. The maximum atomic E-state index is 6.58. The van der Waals surface area contributed by atoms with E-state index in [1.165, 1.54) is 148 Å². The van der Waals surface area contributed by atoms with Crippen LogP contribution < -0.4 is 0 Å². The average molecular weight is 1420 g/mol. The van der Waals surface area contributed by atoms with E-state index < -0.39 is 0 Å². The molecule has 0 spiro atoms. The lowest BCUT2D eigenvalue weighted by Gasteiger charge is -2.14. The molecule has 0 radical (unpaired) electrons. The molecule has 0 saturated heterocycles. The van der Waals surface area contributed by atoms with E-state index in [1.807, 2.05) is 40.1 Å². The second-order valence-corrected chi connectivity index (χ2v) is 32.3. The van der Waals surface area contributed by atoms with Gasteiger partial charge in [0.05, 0.1) is 42.9 Å². The summed E-state index contributed by atoms with van der Waals surface area (Å²) in [5, 5.41) is 24.2. The first-order valence-electron chi connectivity index (χ1n) is 36.7. The molecular weight excluding hydrogens is 1370 g/mol. The Labute approximate surface area is 627 Å². The Morgan fingerprint density at radius 2 is 0.741 bits per heavy atom. The van der Waals surface area contributed by atoms with E-state index in [2.05, 4.69) is 330 Å². The number of imidazole rings is 2. The molecule has 0 N–H and O–H groups in total. The van der Waals surface area contributed by atoms with E-state index in [0.717, 1.165) is 99.9 Å². The Balaban J connectivity index is 0.649. The van der Waals surface area contributed by atoms with Crippen molar-refractivity contribution in [1.82, 2.24) is 18.8 Å². The van der Waals surface area contributed by atoms with Crippen LogP contribution in [0.2, 0.25) is 0 Å². The third-order valence-electron chi connectivity index (χ3n) is 23.2. The van der Waals surface area contributed by atoms with Gasteiger partial charge in [-0.1, -0.05) is 231 Å². The van der Waals surface area contributed by atoms with Crippen molar-refractivity contribution in [3.63, 3.8) is 0 Å². The number of furan rings is 1. The van der Waals surface area contributed by atoms with E-state index in [4.69, 9.17) is 14.4 Å². The number of rotatable bonds is 6. The highest BCUT2D eigenvalue weighted by Crippen LogP contribution is 2.50. The maximum Gasteiger partial charge on any atom is 0.156 e. The molecule has 0 atom stereocenters. The smallest absolute Gasteiger partial charge is 0.156 e. The predicted molar refractivity (Wildman–Crippen MR) is 463 cm³/mol. The summed E-state index contributed by atoms with van der Waals surface area (Å²) in [5.41, 5.74) is 21.6. The molecule has 0 bridgehead atoms. The summed E-state index contributed by atoms with van der Waals surface area (Å²) in [4.78, 5) is 11.4. The van der Waals surface area contributed by atoms with E-state index in [1.54, 1.807) is 0 Å². The summed E-state index contributed by atoms with van der Waals surface area (Å²) < 4.78 is 18.9. The Morgan fingerprint density at radius 3 is 1.44 bits per heavy atom. The second-order valence-electron chi connectivity index (χ2n) is 29.1. The van der Waals surface area contributed by atoms with Crippen molar-refractivity contribution >= 4 is 214 Å². The van der Waals surface area contributed by atoms with Gasteiger partial charge in [-0.05, 0) is 212 Å². The van der Waals surface area contributed by atoms with E-state index in [-0.39, 0.29) is 0 Å². The van der Waals surface area contributed by atoms with Crippen LogP contribution in [0.4, 0.5) is 0 Å². The molecule has 8 aromatic heterocycles. The number of para-hydroxylation sites is 2. The predicted octanol–water partition coefficient (Wildman–Crippen LogP) is 29.2. The summed E-state index contributed by atoms with van der Waals surface area (Å²) in [5.74, 6) is 0. The minimum absolute atomic E-state index is 0.895. The number of benzene rings is 17. The molecular formula is C100H54N4OS3. The zero-order valence-corrected chi connectivity index (χ0v) is 60.0. The Hall–Kier alpha value is -13.3. The highest BCUT2D eigenvalue weighted by atomic mass is 32.1. The molecule has 17 aromatic carbocycles. The van der Waals surface area contributed by atoms with Gasteiger partial charge in [0, 0.05) is 67.5 Å². The number of nitrogens with zero attached hydrogens (tertiary/aromatic N) is 4. The molecule has 25 aromatic rings. The third kappa shape index (κ3) is 8.55. The largest absolute Gasteiger partial charge is 0.455 e. The highest BCUT2D eigenvalue weighted by molar-refractivity contribution is 7.27. The Bertz CT molecular complexity index is 8290. The van der Waals surface area contributed by atoms with Crippen molar-refractivity contribution in [1.29, 1.82) is 0 Å². The van der Waals surface area contributed by atoms with Crippen molar-refractivity contribution in [3.05, 3.63) is 328 Å². The summed E-state index contributed by atoms with van der Waals surface area (Å²) in [6.45, 7) is 0. The lowest BCUT2D eigenvalue weighted by atomic mass is 9.90. The molecule has 0 amide bonds. The SMILES string of the molecule is c1ccc2cc3cc4c(cc3cc2c1)nc1c2sc3ccc5cc(-c6c7ccccc7cc7cc8c(cc67)nc6c7sc9ccc%10ccccc%10c9c7cc(-c7ccc(-c9ccc(-c%10ccc%11sc%12ccccc%12c%11c%10)cc9)cc7)n86)ccc5c3c2cc(-c2ccc(-c3cccc5c3oc3ccccc35)cc2)n41. The molecule has 0 aliphatic carbocycles. The van der Waals surface area contributed by atoms with Crippen LogP contribution >= 0.6 is 34.0 Å². The normalized spacial score (nSPS) is 12.4. The first kappa shape index (κ1) is 59.0. The first-order chi connectivity index (χ1) is 53.4. The Morgan fingerprint density at radius 1 is 0.250 bits per heavy atom. The van der Waals surface area contributed by atoms with Crippen molar-refractivity contribution in [3.8, 4) is 67.0 Å². The number of hydrogen-bond acceptors (Lipinski definition) is 6. The van der Waals surface area contributed by atoms with Gasteiger partial charge in [-0.2, -0.15) is 0 Å². The fourth-order valence-corrected chi connectivity index (χ4v) is 21.5. The first-order valence-corrected chi connectivity index (χ1v) is 39.2. The topological polar surface area (TPSA) is 47.7 Å². The number of aromatic nitrogens is 4. The van der Waals surface area contributed by atoms with Gasteiger partial charge in [0.25, 0.3) is 0 Å². The van der Waals surface area contributed by atoms with Crippen LogP contribution in [0.15, 0.2) is 332 Å². The van der Waals surface area contributed by atoms with Crippen molar-refractivity contribution in [2.24, 2.45) is 0 Å². The fraction of sp³-hybridized carbons (Fsp3) is 0. The zero-order chi connectivity index (χ0) is 70.1. The van der Waals surface area contributed by atoms with Gasteiger partial charge in [0.1, 0.15) is 11.2 Å². The van der Waals surface area contributed by atoms with Gasteiger partial charge in [0.15, 0.2) is 11.3 Å². The summed E-state index contributed by atoms with van der Waals surface area (Å²) >= 11 is 5.55. The molecule has 8 heterocycles. The molecule has 0 saturated carbocycles. The molecule has 108 heavy (non-hydrogen) atoms. The molecule has 0 fully saturated rings. The number of pyridine rings is 2. The fourth-order valence-electron chi connectivity index (χ4n) is 18.1. The summed E-state index contributed by atoms with van der Waals surface area (Å²) in [6.07, 6.45) is 0. The van der Waals surface area contributed by atoms with E-state index in [9.17, 15) is 0 Å². The Kier molecular flexibility index (Phi) is 12.1. The molecule has 0 unspecified atom stereocenters. The van der Waals surface area contributed by atoms with Gasteiger partial charge < -0.3 is 4.42 Å². The van der Waals surface area contributed by atoms with Crippen molar-refractivity contribution in [2.45, 2.75) is 0 Å². The van der Waals surface area contributed by atoms with Gasteiger partial charge in [-0.25, -0.2) is 9.97 Å². The van der Waals surface area contributed by atoms with Crippen LogP contribution in [0.1, 0.15) is 0 Å². The van der Waals surface area contributed by atoms with Crippen molar-refractivity contribution in [2.75, 3.05) is 0 Å². The minimum atomic E-state index is 0.895. The highest BCUT2D eigenvalue weighted by Gasteiger charge is 2.25. The molecule has 8 heteroatoms. The monoisotopic (exact) mass is 1420 g/mol. The van der Waals surface area contributed by atoms with Crippen molar-refractivity contribution < 1.29 is 4.42 Å². The van der Waals surface area contributed by atoms with Gasteiger partial charge >= 0.3 is 0 Å². The van der Waals surface area contributed by atoms with Crippen LogP contribution in [-0.2, 0) is 0 Å². The molecule has 0 aliphatic rings. The quantitative estimate of drug-likeness (QED) is 0.156. The van der Waals surface area contributed by atoms with Crippen LogP contribution in [0, 0.1) is 0 Å². The summed E-state index contributed by atoms with van der Waals surface area (Å²) in [6, 6.07) is 122. The number of hydrogen-bond donors (Lipinski definition) is 0. The second kappa shape index (κ2) is 22.1. The minimum Gasteiger partial charge on any atom is -0.455 e. The van der Waals surface area contributed by atoms with Gasteiger partial charge in [0.2, 0.25) is 0 Å². The summed E-state index contributed by atoms with van der Waals surface area (Å²) in [7, 11) is 0. The van der Waals surface area contributed by atoms with Gasteiger partial charge in [-0.15, -0.1) is 34.0 Å². The molecule has 498 valence electrons. The van der Waals surface area contributed by atoms with Gasteiger partial charge in [-0.3, -0.25) is 8.80 Å². The van der Waals surface area contributed by atoms with E-state index in [0.29, 0.717) is 0 Å².